The number of para-hydroxylation sites is 1. The fourth-order valence-electron chi connectivity index (χ4n) is 2.57. The second-order valence-electron chi connectivity index (χ2n) is 6.09. The number of carbonyl (C=O) groups excluding carboxylic acids is 1. The Bertz CT molecular complexity index is 1070. The first-order chi connectivity index (χ1) is 12.8. The highest BCUT2D eigenvalue weighted by Crippen LogP contribution is 2.23. The molecule has 0 spiro atoms. The lowest BCUT2D eigenvalue weighted by Crippen LogP contribution is -2.28. The van der Waals surface area contributed by atoms with Crippen molar-refractivity contribution in [3.05, 3.63) is 65.2 Å². The zero-order chi connectivity index (χ0) is 19.6. The highest BCUT2D eigenvalue weighted by atomic mass is 32.2. The summed E-state index contributed by atoms with van der Waals surface area (Å²) in [6, 6.07) is 13.8. The van der Waals surface area contributed by atoms with Crippen LogP contribution >= 0.6 is 11.3 Å². The van der Waals surface area contributed by atoms with Crippen LogP contribution in [0.1, 0.15) is 23.5 Å². The van der Waals surface area contributed by atoms with Crippen LogP contribution in [0, 0.1) is 0 Å². The topological polar surface area (TPSA) is 93.4 Å². The van der Waals surface area contributed by atoms with Crippen molar-refractivity contribution >= 4 is 43.6 Å². The molecule has 0 saturated heterocycles. The van der Waals surface area contributed by atoms with Gasteiger partial charge in [-0.2, -0.15) is 0 Å². The van der Waals surface area contributed by atoms with E-state index in [1.54, 1.807) is 30.2 Å². The molecule has 0 radical (unpaired) electrons. The predicted molar refractivity (Wildman–Crippen MR) is 108 cm³/mol. The number of hydrogen-bond acceptors (Lipinski definition) is 5. The maximum Gasteiger partial charge on any atom is 0.246 e. The van der Waals surface area contributed by atoms with E-state index in [0.29, 0.717) is 0 Å². The van der Waals surface area contributed by atoms with E-state index < -0.39 is 10.0 Å². The van der Waals surface area contributed by atoms with Crippen LogP contribution in [-0.2, 0) is 14.8 Å². The van der Waals surface area contributed by atoms with Crippen LogP contribution in [0.2, 0.25) is 0 Å². The van der Waals surface area contributed by atoms with Crippen LogP contribution in [-0.4, -0.2) is 31.3 Å². The third-order valence-electron chi connectivity index (χ3n) is 4.30. The molecule has 0 bridgehead atoms. The van der Waals surface area contributed by atoms with E-state index in [-0.39, 0.29) is 16.8 Å². The third-order valence-corrected chi connectivity index (χ3v) is 6.23. The van der Waals surface area contributed by atoms with E-state index in [9.17, 15) is 13.2 Å². The minimum absolute atomic E-state index is 0.0446. The Morgan fingerprint density at radius 1 is 1.19 bits per heavy atom. The summed E-state index contributed by atoms with van der Waals surface area (Å²) in [5.74, 6) is -0.169. The lowest BCUT2D eigenvalue weighted by molar-refractivity contribution is -0.126. The quantitative estimate of drug-likeness (QED) is 0.665. The van der Waals surface area contributed by atoms with Crippen LogP contribution in [0.3, 0.4) is 0 Å². The first-order valence-electron chi connectivity index (χ1n) is 8.19. The summed E-state index contributed by atoms with van der Waals surface area (Å²) < 4.78 is 23.8. The minimum Gasteiger partial charge on any atom is -0.335 e. The number of hydrogen-bond donors (Lipinski definition) is 1. The van der Waals surface area contributed by atoms with E-state index in [2.05, 4.69) is 4.98 Å². The van der Waals surface area contributed by atoms with E-state index >= 15 is 0 Å². The predicted octanol–water partition coefficient (Wildman–Crippen LogP) is 3.18. The average Bonchev–Trinajstić information content (AvgIpc) is 3.07. The van der Waals surface area contributed by atoms with Gasteiger partial charge >= 0.3 is 0 Å². The molecular weight excluding hydrogens is 382 g/mol. The Morgan fingerprint density at radius 3 is 2.48 bits per heavy atom. The van der Waals surface area contributed by atoms with Crippen LogP contribution in [0.25, 0.3) is 16.3 Å². The van der Waals surface area contributed by atoms with Gasteiger partial charge in [-0.05, 0) is 42.8 Å². The van der Waals surface area contributed by atoms with Gasteiger partial charge in [-0.25, -0.2) is 18.5 Å². The lowest BCUT2D eigenvalue weighted by Gasteiger charge is -2.24. The van der Waals surface area contributed by atoms with Crippen molar-refractivity contribution in [2.45, 2.75) is 17.9 Å². The van der Waals surface area contributed by atoms with Gasteiger partial charge in [0.05, 0.1) is 21.2 Å². The summed E-state index contributed by atoms with van der Waals surface area (Å²) in [6.45, 7) is 1.87. The van der Waals surface area contributed by atoms with Crippen molar-refractivity contribution in [3.63, 3.8) is 0 Å². The Morgan fingerprint density at radius 2 is 1.85 bits per heavy atom. The Balaban J connectivity index is 1.72. The van der Waals surface area contributed by atoms with Gasteiger partial charge in [-0.15, -0.1) is 11.3 Å². The molecule has 6 nitrogen and oxygen atoms in total. The lowest BCUT2D eigenvalue weighted by atomic mass is 10.1. The van der Waals surface area contributed by atoms with Crippen LogP contribution in [0.5, 0.6) is 0 Å². The van der Waals surface area contributed by atoms with Gasteiger partial charge < -0.3 is 4.90 Å². The average molecular weight is 402 g/mol. The number of fused-ring (bicyclic) bond motifs is 1. The number of thiazole rings is 1. The first-order valence-corrected chi connectivity index (χ1v) is 10.6. The van der Waals surface area contributed by atoms with Gasteiger partial charge in [0.1, 0.15) is 5.01 Å². The number of nitrogens with zero attached hydrogens (tertiary/aromatic N) is 2. The number of primary sulfonamides is 1. The first kappa shape index (κ1) is 19.2. The second kappa shape index (κ2) is 7.59. The van der Waals surface area contributed by atoms with Crippen molar-refractivity contribution in [1.29, 1.82) is 0 Å². The number of carbonyl (C=O) groups is 1. The van der Waals surface area contributed by atoms with Gasteiger partial charge in [0.15, 0.2) is 0 Å². The van der Waals surface area contributed by atoms with Crippen LogP contribution in [0.15, 0.2) is 59.5 Å². The summed E-state index contributed by atoms with van der Waals surface area (Å²) >= 11 is 1.52. The largest absolute Gasteiger partial charge is 0.335 e. The number of amides is 1. The molecule has 1 unspecified atom stereocenters. The highest BCUT2D eigenvalue weighted by Gasteiger charge is 2.16. The molecule has 1 heterocycles. The Kier molecular flexibility index (Phi) is 5.41. The molecule has 1 atom stereocenters. The number of likely N-dealkylation sites (N-methyl/N-ethyl adjacent to an activating group) is 1. The summed E-state index contributed by atoms with van der Waals surface area (Å²) in [4.78, 5) is 18.6. The molecule has 1 amide bonds. The molecule has 3 rings (SSSR count). The van der Waals surface area contributed by atoms with Gasteiger partial charge in [-0.1, -0.05) is 24.3 Å². The molecule has 0 saturated carbocycles. The van der Waals surface area contributed by atoms with E-state index in [1.807, 2.05) is 31.2 Å². The molecule has 8 heteroatoms. The molecule has 0 aliphatic rings. The standard InChI is InChI=1S/C19H19N3O3S2/c1-13(14-7-9-15(10-8-14)27(20,24)25)22(2)19(23)12-11-18-21-16-5-3-4-6-17(16)26-18/h3-13H,1-2H3,(H2,20,24,25)/b12-11+. The molecule has 0 aliphatic carbocycles. The molecule has 2 aromatic carbocycles. The smallest absolute Gasteiger partial charge is 0.246 e. The second-order valence-corrected chi connectivity index (χ2v) is 8.72. The molecule has 27 heavy (non-hydrogen) atoms. The third kappa shape index (κ3) is 4.41. The molecule has 140 valence electrons. The molecule has 1 aromatic heterocycles. The van der Waals surface area contributed by atoms with Crippen molar-refractivity contribution in [2.75, 3.05) is 7.05 Å². The molecular formula is C19H19N3O3S2. The number of sulfonamides is 1. The number of nitrogens with two attached hydrogens (primary N) is 1. The number of aromatic nitrogens is 1. The van der Waals surface area contributed by atoms with Crippen molar-refractivity contribution in [3.8, 4) is 0 Å². The SMILES string of the molecule is CC(c1ccc(S(N)(=O)=O)cc1)N(C)C(=O)/C=C/c1nc2ccccc2s1. The maximum atomic E-state index is 12.5. The van der Waals surface area contributed by atoms with Crippen molar-refractivity contribution in [1.82, 2.24) is 9.88 Å². The zero-order valence-corrected chi connectivity index (χ0v) is 16.5. The summed E-state index contributed by atoms with van der Waals surface area (Å²) in [5.41, 5.74) is 1.72. The summed E-state index contributed by atoms with van der Waals surface area (Å²) in [5, 5.41) is 5.87. The molecule has 3 aromatic rings. The molecule has 0 aliphatic heterocycles. The normalized spacial score (nSPS) is 13.1. The van der Waals surface area contributed by atoms with Gasteiger partial charge in [0, 0.05) is 13.1 Å². The monoisotopic (exact) mass is 401 g/mol. The van der Waals surface area contributed by atoms with Gasteiger partial charge in [0.2, 0.25) is 15.9 Å². The molecule has 2 N–H and O–H groups in total. The summed E-state index contributed by atoms with van der Waals surface area (Å²) in [6.07, 6.45) is 3.20. The van der Waals surface area contributed by atoms with E-state index in [4.69, 9.17) is 5.14 Å². The van der Waals surface area contributed by atoms with Crippen molar-refractivity contribution < 1.29 is 13.2 Å². The Hall–Kier alpha value is -2.55. The summed E-state index contributed by atoms with van der Waals surface area (Å²) in [7, 11) is -2.03. The van der Waals surface area contributed by atoms with Crippen LogP contribution < -0.4 is 5.14 Å². The molecule has 0 fully saturated rings. The highest BCUT2D eigenvalue weighted by molar-refractivity contribution is 7.89. The van der Waals surface area contributed by atoms with Crippen molar-refractivity contribution in [2.24, 2.45) is 5.14 Å². The fourth-order valence-corrected chi connectivity index (χ4v) is 3.96. The van der Waals surface area contributed by atoms with Gasteiger partial charge in [0.25, 0.3) is 0 Å². The van der Waals surface area contributed by atoms with E-state index in [0.717, 1.165) is 20.8 Å². The van der Waals surface area contributed by atoms with Crippen LogP contribution in [0.4, 0.5) is 0 Å². The maximum absolute atomic E-state index is 12.5. The Labute approximate surface area is 162 Å². The van der Waals surface area contributed by atoms with Gasteiger partial charge in [-0.3, -0.25) is 4.79 Å². The zero-order valence-electron chi connectivity index (χ0n) is 14.9. The number of rotatable bonds is 5. The number of benzene rings is 2. The fraction of sp³-hybridized carbons (Fsp3) is 0.158. The minimum atomic E-state index is -3.73. The van der Waals surface area contributed by atoms with E-state index in [1.165, 1.54) is 29.5 Å².